The smallest absolute Gasteiger partial charge is 0.356 e. The molecule has 2 bridgehead atoms. The van der Waals surface area contributed by atoms with Gasteiger partial charge in [0.05, 0.1) is 7.11 Å². The van der Waals surface area contributed by atoms with E-state index in [1.165, 1.54) is 26.9 Å². The minimum Gasteiger partial charge on any atom is -0.464 e. The number of H-pyrrole nitrogens is 1. The van der Waals surface area contributed by atoms with Crippen molar-refractivity contribution in [1.82, 2.24) is 25.5 Å². The molecule has 4 heterocycles. The van der Waals surface area contributed by atoms with Crippen molar-refractivity contribution in [3.05, 3.63) is 23.5 Å². The second-order valence-electron chi connectivity index (χ2n) is 10.1. The van der Waals surface area contributed by atoms with Gasteiger partial charge in [-0.3, -0.25) is 9.89 Å². The molecule has 2 saturated heterocycles. The lowest BCUT2D eigenvalue weighted by atomic mass is 9.99. The summed E-state index contributed by atoms with van der Waals surface area (Å²) in [4.78, 5) is 33.5. The Morgan fingerprint density at radius 1 is 1.11 bits per heavy atom. The first kappa shape index (κ1) is 26.4. The first-order valence-corrected chi connectivity index (χ1v) is 11.9. The number of rotatable bonds is 5. The molecule has 2 aliphatic heterocycles. The molecule has 0 spiro atoms. The van der Waals surface area contributed by atoms with Crippen molar-refractivity contribution in [2.45, 2.75) is 84.0 Å². The highest BCUT2D eigenvalue weighted by Crippen LogP contribution is 2.31. The van der Waals surface area contributed by atoms with Gasteiger partial charge in [-0.2, -0.15) is 10.1 Å². The number of hydrogen-bond donors (Lipinski definition) is 3. The molecule has 3 N–H and O–H groups in total. The number of aromatic nitrogens is 4. The van der Waals surface area contributed by atoms with Crippen LogP contribution in [0.15, 0.2) is 12.1 Å². The number of carbonyl (C=O) groups excluding carboxylic acids is 2. The number of fused-ring (bicyclic) bond motifs is 2. The predicted molar refractivity (Wildman–Crippen MR) is 133 cm³/mol. The molecule has 11 heteroatoms. The normalized spacial score (nSPS) is 20.9. The van der Waals surface area contributed by atoms with Crippen LogP contribution in [0, 0.1) is 6.92 Å². The fraction of sp³-hybridized carbons (Fsp3) is 0.625. The predicted octanol–water partition coefficient (Wildman–Crippen LogP) is 3.11. The number of methoxy groups -OCH3 is 1. The van der Waals surface area contributed by atoms with Gasteiger partial charge < -0.3 is 25.0 Å². The first-order chi connectivity index (χ1) is 16.4. The van der Waals surface area contributed by atoms with Crippen LogP contribution in [0.4, 0.5) is 17.6 Å². The molecule has 3 atom stereocenters. The summed E-state index contributed by atoms with van der Waals surface area (Å²) in [6.45, 7) is 8.85. The third-order valence-corrected chi connectivity index (χ3v) is 5.83. The fourth-order valence-corrected chi connectivity index (χ4v) is 4.42. The number of carbonyl (C=O) groups is 2. The van der Waals surface area contributed by atoms with Gasteiger partial charge in [0.15, 0.2) is 11.5 Å². The van der Waals surface area contributed by atoms with Crippen molar-refractivity contribution >= 4 is 29.5 Å². The second-order valence-corrected chi connectivity index (χ2v) is 10.1. The third kappa shape index (κ3) is 7.64. The van der Waals surface area contributed by atoms with Crippen LogP contribution in [0.2, 0.25) is 0 Å². The number of nitrogens with zero attached hydrogens (tertiary/aromatic N) is 4. The van der Waals surface area contributed by atoms with Crippen LogP contribution in [0.25, 0.3) is 0 Å². The van der Waals surface area contributed by atoms with E-state index in [-0.39, 0.29) is 17.3 Å². The summed E-state index contributed by atoms with van der Waals surface area (Å²) >= 11 is 0. The van der Waals surface area contributed by atoms with Crippen LogP contribution >= 0.6 is 0 Å². The maximum atomic E-state index is 12.1. The van der Waals surface area contributed by atoms with E-state index in [4.69, 9.17) is 9.47 Å². The highest BCUT2D eigenvalue weighted by molar-refractivity contribution is 5.88. The van der Waals surface area contributed by atoms with Gasteiger partial charge in [0.25, 0.3) is 0 Å². The van der Waals surface area contributed by atoms with E-state index in [0.717, 1.165) is 18.5 Å². The molecule has 1 unspecified atom stereocenters. The summed E-state index contributed by atoms with van der Waals surface area (Å²) in [5, 5.41) is 13.8. The van der Waals surface area contributed by atoms with Gasteiger partial charge in [-0.05, 0) is 53.4 Å². The van der Waals surface area contributed by atoms with Crippen LogP contribution < -0.4 is 15.5 Å². The molecule has 192 valence electrons. The number of piperidine rings is 1. The number of ether oxygens (including phenoxy) is 2. The minimum absolute atomic E-state index is 0.223. The molecular weight excluding hydrogens is 450 g/mol. The molecule has 0 aliphatic carbocycles. The molecule has 0 aromatic carbocycles. The van der Waals surface area contributed by atoms with E-state index < -0.39 is 5.97 Å². The summed E-state index contributed by atoms with van der Waals surface area (Å²) in [6.07, 6.45) is 4.56. The average Bonchev–Trinajstić information content (AvgIpc) is 3.34. The summed E-state index contributed by atoms with van der Waals surface area (Å²) in [5.74, 6) is 0.946. The van der Waals surface area contributed by atoms with Crippen molar-refractivity contribution in [2.24, 2.45) is 0 Å². The average molecular weight is 488 g/mol. The largest absolute Gasteiger partial charge is 0.464 e. The SMILES string of the molecule is CC(=O)OC(C)(C)C.COC(=O)c1cc(Nc2cc(C)[nH]n2)nc(N(C)C2C[C@H]3CC[C@@H](C2)N3)n1. The van der Waals surface area contributed by atoms with Crippen molar-refractivity contribution < 1.29 is 19.1 Å². The number of aryl methyl sites for hydroxylation is 1. The number of aromatic amines is 1. The molecule has 4 rings (SSSR count). The zero-order chi connectivity index (χ0) is 25.8. The zero-order valence-corrected chi connectivity index (χ0v) is 21.6. The number of anilines is 3. The van der Waals surface area contributed by atoms with Gasteiger partial charge in [-0.15, -0.1) is 0 Å². The zero-order valence-electron chi connectivity index (χ0n) is 21.6. The van der Waals surface area contributed by atoms with E-state index in [1.54, 1.807) is 6.07 Å². The monoisotopic (exact) mass is 487 g/mol. The summed E-state index contributed by atoms with van der Waals surface area (Å²) in [7, 11) is 3.34. The lowest BCUT2D eigenvalue weighted by Gasteiger charge is -2.35. The maximum Gasteiger partial charge on any atom is 0.356 e. The van der Waals surface area contributed by atoms with E-state index in [1.807, 2.05) is 40.8 Å². The molecule has 2 fully saturated rings. The Labute approximate surface area is 206 Å². The van der Waals surface area contributed by atoms with Crippen LogP contribution in [-0.4, -0.2) is 70.0 Å². The van der Waals surface area contributed by atoms with Crippen LogP contribution in [0.3, 0.4) is 0 Å². The van der Waals surface area contributed by atoms with Crippen LogP contribution in [0.5, 0.6) is 0 Å². The highest BCUT2D eigenvalue weighted by Gasteiger charge is 2.36. The van der Waals surface area contributed by atoms with E-state index in [0.29, 0.717) is 35.7 Å². The van der Waals surface area contributed by atoms with Crippen LogP contribution in [-0.2, 0) is 14.3 Å². The lowest BCUT2D eigenvalue weighted by Crippen LogP contribution is -2.47. The second kappa shape index (κ2) is 11.0. The van der Waals surface area contributed by atoms with Gasteiger partial charge in [0, 0.05) is 49.9 Å². The summed E-state index contributed by atoms with van der Waals surface area (Å²) in [6, 6.07) is 4.92. The van der Waals surface area contributed by atoms with Gasteiger partial charge in [0.2, 0.25) is 5.95 Å². The number of nitrogens with one attached hydrogen (secondary N) is 3. The number of hydrogen-bond acceptors (Lipinski definition) is 10. The molecule has 2 aliphatic rings. The third-order valence-electron chi connectivity index (χ3n) is 5.83. The lowest BCUT2D eigenvalue weighted by molar-refractivity contribution is -0.151. The van der Waals surface area contributed by atoms with Gasteiger partial charge in [0.1, 0.15) is 11.4 Å². The van der Waals surface area contributed by atoms with E-state index >= 15 is 0 Å². The summed E-state index contributed by atoms with van der Waals surface area (Å²) < 4.78 is 9.66. The highest BCUT2D eigenvalue weighted by atomic mass is 16.6. The molecule has 0 amide bonds. The molecule has 35 heavy (non-hydrogen) atoms. The van der Waals surface area contributed by atoms with Crippen molar-refractivity contribution in [2.75, 3.05) is 24.4 Å². The number of esters is 2. The topological polar surface area (TPSA) is 134 Å². The molecule has 11 nitrogen and oxygen atoms in total. The quantitative estimate of drug-likeness (QED) is 0.540. The van der Waals surface area contributed by atoms with Crippen LogP contribution in [0.1, 0.15) is 69.6 Å². The molecule has 0 saturated carbocycles. The van der Waals surface area contributed by atoms with Gasteiger partial charge >= 0.3 is 11.9 Å². The van der Waals surface area contributed by atoms with E-state index in [2.05, 4.69) is 35.7 Å². The first-order valence-electron chi connectivity index (χ1n) is 11.9. The molecule has 2 aromatic rings. The Morgan fingerprint density at radius 2 is 1.77 bits per heavy atom. The van der Waals surface area contributed by atoms with Crippen molar-refractivity contribution in [1.29, 1.82) is 0 Å². The summed E-state index contributed by atoms with van der Waals surface area (Å²) in [5.41, 5.74) is 0.828. The Kier molecular flexibility index (Phi) is 8.31. The molecular formula is C24H37N7O4. The van der Waals surface area contributed by atoms with Crippen molar-refractivity contribution in [3.8, 4) is 0 Å². The Hall–Kier alpha value is -3.21. The van der Waals surface area contributed by atoms with Gasteiger partial charge in [-0.25, -0.2) is 9.78 Å². The maximum absolute atomic E-state index is 12.1. The Balaban J connectivity index is 0.000000371. The van der Waals surface area contributed by atoms with E-state index in [9.17, 15) is 9.59 Å². The molecule has 0 radical (unpaired) electrons. The van der Waals surface area contributed by atoms with Crippen molar-refractivity contribution in [3.63, 3.8) is 0 Å². The minimum atomic E-state index is -0.487. The Morgan fingerprint density at radius 3 is 2.26 bits per heavy atom. The molecule has 2 aromatic heterocycles. The Bertz CT molecular complexity index is 1020. The fourth-order valence-electron chi connectivity index (χ4n) is 4.42. The standard InChI is InChI=1S/C18H25N7O2.C6H12O2/c1-10-6-16(24-23-10)21-15-9-14(17(26)27-3)20-18(22-15)25(2)13-7-11-4-5-12(8-13)19-11;1-5(7)8-6(2,3)4/h6,9,11-13,19H,4-5,7-8H2,1-3H3,(H2,20,21,22,23,24);1-4H3/t11-,12+,13?;. The van der Waals surface area contributed by atoms with Gasteiger partial charge in [-0.1, -0.05) is 0 Å².